The molecule has 1 heterocycles. The molecule has 226 valence electrons. The number of fused-ring (bicyclic) bond motifs is 1. The second kappa shape index (κ2) is 14.0. The van der Waals surface area contributed by atoms with E-state index in [1.165, 1.54) is 4.68 Å². The highest BCUT2D eigenvalue weighted by Gasteiger charge is 2.22. The van der Waals surface area contributed by atoms with E-state index in [0.717, 1.165) is 22.4 Å². The summed E-state index contributed by atoms with van der Waals surface area (Å²) in [5, 5.41) is 5.12. The van der Waals surface area contributed by atoms with Crippen LogP contribution in [-0.4, -0.2) is 48.3 Å². The number of hydrogen-bond acceptors (Lipinski definition) is 8. The standard InChI is InChI=1S/C33H36IN3O6/c1-8-41-29-16-22(15-26(34)30(29)43-21(6)33(39)42-9-2)18-35-37-31(36-27-13-11-10-12-23(27)32(37)38)25-17-24(19(3)4)28(40-7)14-20(25)5/h10-19,21H,8-9H2,1-7H3/t21-/m0/s1. The number of carbonyl (C=O) groups is 1. The largest absolute Gasteiger partial charge is 0.496 e. The third kappa shape index (κ3) is 7.01. The summed E-state index contributed by atoms with van der Waals surface area (Å²) in [4.78, 5) is 30.9. The smallest absolute Gasteiger partial charge is 0.347 e. The van der Waals surface area contributed by atoms with Crippen LogP contribution in [0, 0.1) is 10.5 Å². The van der Waals surface area contributed by atoms with Gasteiger partial charge in [-0.2, -0.15) is 9.78 Å². The van der Waals surface area contributed by atoms with E-state index in [4.69, 9.17) is 23.9 Å². The molecule has 0 N–H and O–H groups in total. The summed E-state index contributed by atoms with van der Waals surface area (Å²) in [6.45, 7) is 12.0. The molecule has 1 aromatic heterocycles. The molecule has 0 saturated heterocycles. The molecule has 0 bridgehead atoms. The summed E-state index contributed by atoms with van der Waals surface area (Å²) >= 11 is 2.13. The maximum absolute atomic E-state index is 13.8. The number of methoxy groups -OCH3 is 1. The van der Waals surface area contributed by atoms with Crippen molar-refractivity contribution >= 4 is 45.7 Å². The minimum absolute atomic E-state index is 0.185. The van der Waals surface area contributed by atoms with Crippen molar-refractivity contribution in [2.75, 3.05) is 20.3 Å². The summed E-state index contributed by atoms with van der Waals surface area (Å²) in [5.41, 5.74) is 3.65. The predicted molar refractivity (Wildman–Crippen MR) is 177 cm³/mol. The molecule has 43 heavy (non-hydrogen) atoms. The number of carbonyl (C=O) groups excluding carboxylic acids is 1. The van der Waals surface area contributed by atoms with Gasteiger partial charge in [-0.3, -0.25) is 4.79 Å². The summed E-state index contributed by atoms with van der Waals surface area (Å²) in [6, 6.07) is 14.8. The molecule has 0 fully saturated rings. The molecule has 1 atom stereocenters. The number of hydrogen-bond donors (Lipinski definition) is 0. The lowest BCUT2D eigenvalue weighted by atomic mass is 9.96. The van der Waals surface area contributed by atoms with Gasteiger partial charge < -0.3 is 18.9 Å². The van der Waals surface area contributed by atoms with Crippen molar-refractivity contribution in [2.24, 2.45) is 5.10 Å². The number of para-hydroxylation sites is 1. The monoisotopic (exact) mass is 697 g/mol. The van der Waals surface area contributed by atoms with Crippen LogP contribution in [0.5, 0.6) is 17.2 Å². The molecule has 0 amide bonds. The lowest BCUT2D eigenvalue weighted by Gasteiger charge is -2.18. The predicted octanol–water partition coefficient (Wildman–Crippen LogP) is 6.72. The zero-order valence-electron chi connectivity index (χ0n) is 25.4. The molecule has 0 unspecified atom stereocenters. The van der Waals surface area contributed by atoms with Crippen LogP contribution in [0.3, 0.4) is 0 Å². The fourth-order valence-corrected chi connectivity index (χ4v) is 5.37. The van der Waals surface area contributed by atoms with E-state index >= 15 is 0 Å². The van der Waals surface area contributed by atoms with Crippen LogP contribution in [0.25, 0.3) is 22.3 Å². The van der Waals surface area contributed by atoms with Gasteiger partial charge in [0, 0.05) is 5.56 Å². The van der Waals surface area contributed by atoms with E-state index in [1.54, 1.807) is 45.4 Å². The summed E-state index contributed by atoms with van der Waals surface area (Å²) in [7, 11) is 1.65. The first-order valence-electron chi connectivity index (χ1n) is 14.1. The van der Waals surface area contributed by atoms with Gasteiger partial charge in [0.15, 0.2) is 23.4 Å². The first-order valence-corrected chi connectivity index (χ1v) is 15.2. The van der Waals surface area contributed by atoms with Crippen LogP contribution in [-0.2, 0) is 9.53 Å². The van der Waals surface area contributed by atoms with Gasteiger partial charge in [0.25, 0.3) is 5.56 Å². The maximum atomic E-state index is 13.8. The topological polar surface area (TPSA) is 101 Å². The number of aryl methyl sites for hydroxylation is 1. The number of esters is 1. The Kier molecular flexibility index (Phi) is 10.4. The summed E-state index contributed by atoms with van der Waals surface area (Å²) in [6.07, 6.45) is 0.771. The van der Waals surface area contributed by atoms with E-state index in [0.29, 0.717) is 44.0 Å². The number of ether oxygens (including phenoxy) is 4. The quantitative estimate of drug-likeness (QED) is 0.0975. The van der Waals surface area contributed by atoms with Crippen molar-refractivity contribution in [3.63, 3.8) is 0 Å². The van der Waals surface area contributed by atoms with E-state index in [2.05, 4.69) is 41.5 Å². The van der Waals surface area contributed by atoms with Gasteiger partial charge >= 0.3 is 5.97 Å². The molecular weight excluding hydrogens is 661 g/mol. The molecule has 0 saturated carbocycles. The highest BCUT2D eigenvalue weighted by Crippen LogP contribution is 2.36. The van der Waals surface area contributed by atoms with E-state index in [9.17, 15) is 9.59 Å². The van der Waals surface area contributed by atoms with Crippen molar-refractivity contribution in [1.29, 1.82) is 0 Å². The second-order valence-electron chi connectivity index (χ2n) is 10.2. The van der Waals surface area contributed by atoms with Gasteiger partial charge in [-0.15, -0.1) is 0 Å². The van der Waals surface area contributed by atoms with Gasteiger partial charge in [0.2, 0.25) is 0 Å². The first kappa shape index (κ1) is 32.0. The van der Waals surface area contributed by atoms with Crippen LogP contribution in [0.4, 0.5) is 0 Å². The molecule has 0 aliphatic heterocycles. The molecule has 0 aliphatic carbocycles. The molecule has 4 aromatic rings. The van der Waals surface area contributed by atoms with Gasteiger partial charge in [0.1, 0.15) is 5.75 Å². The molecule has 9 nitrogen and oxygen atoms in total. The van der Waals surface area contributed by atoms with Crippen LogP contribution in [0.2, 0.25) is 0 Å². The average Bonchev–Trinajstić information content (AvgIpc) is 2.98. The third-order valence-electron chi connectivity index (χ3n) is 6.76. The number of benzene rings is 3. The van der Waals surface area contributed by atoms with Crippen molar-refractivity contribution in [3.8, 4) is 28.6 Å². The zero-order chi connectivity index (χ0) is 31.3. The Morgan fingerprint density at radius 3 is 2.49 bits per heavy atom. The lowest BCUT2D eigenvalue weighted by molar-refractivity contribution is -0.150. The lowest BCUT2D eigenvalue weighted by Crippen LogP contribution is -2.26. The Bertz CT molecular complexity index is 1730. The average molecular weight is 698 g/mol. The Labute approximate surface area is 265 Å². The van der Waals surface area contributed by atoms with E-state index in [1.807, 2.05) is 44.2 Å². The maximum Gasteiger partial charge on any atom is 0.347 e. The summed E-state index contributed by atoms with van der Waals surface area (Å²) < 4.78 is 24.6. The number of nitrogens with zero attached hydrogens (tertiary/aromatic N) is 3. The van der Waals surface area contributed by atoms with E-state index in [-0.39, 0.29) is 18.1 Å². The Morgan fingerprint density at radius 2 is 1.81 bits per heavy atom. The van der Waals surface area contributed by atoms with Gasteiger partial charge in [-0.05, 0) is 109 Å². The molecule has 0 aliphatic rings. The number of rotatable bonds is 11. The molecule has 0 spiro atoms. The highest BCUT2D eigenvalue weighted by molar-refractivity contribution is 14.1. The van der Waals surface area contributed by atoms with E-state index < -0.39 is 12.1 Å². The highest BCUT2D eigenvalue weighted by atomic mass is 127. The summed E-state index contributed by atoms with van der Waals surface area (Å²) in [5.74, 6) is 1.81. The van der Waals surface area contributed by atoms with Crippen molar-refractivity contribution in [1.82, 2.24) is 9.66 Å². The SMILES string of the molecule is CCOC(=O)[C@H](C)Oc1c(I)cc(C=Nn2c(-c3cc(C(C)C)c(OC)cc3C)nc3ccccc3c2=O)cc1OCC. The third-order valence-corrected chi connectivity index (χ3v) is 7.56. The van der Waals surface area contributed by atoms with Crippen molar-refractivity contribution < 1.29 is 23.7 Å². The van der Waals surface area contributed by atoms with Crippen molar-refractivity contribution in [3.05, 3.63) is 79.1 Å². The van der Waals surface area contributed by atoms with Crippen LogP contribution >= 0.6 is 22.6 Å². The van der Waals surface area contributed by atoms with Gasteiger partial charge in [0.05, 0.1) is 41.0 Å². The molecule has 3 aromatic carbocycles. The zero-order valence-corrected chi connectivity index (χ0v) is 27.6. The molecule has 0 radical (unpaired) electrons. The Hall–Kier alpha value is -3.93. The minimum Gasteiger partial charge on any atom is -0.496 e. The number of halogens is 1. The Balaban J connectivity index is 1.86. The fraction of sp³-hybridized carbons (Fsp3) is 0.333. The van der Waals surface area contributed by atoms with Gasteiger partial charge in [-0.25, -0.2) is 9.78 Å². The van der Waals surface area contributed by atoms with Crippen LogP contribution in [0.1, 0.15) is 57.2 Å². The van der Waals surface area contributed by atoms with Crippen molar-refractivity contribution in [2.45, 2.75) is 53.6 Å². The molecular formula is C33H36IN3O6. The second-order valence-corrected chi connectivity index (χ2v) is 11.3. The first-order chi connectivity index (χ1) is 20.6. The number of aromatic nitrogens is 2. The molecule has 4 rings (SSSR count). The van der Waals surface area contributed by atoms with Crippen LogP contribution < -0.4 is 19.8 Å². The minimum atomic E-state index is -0.819. The Morgan fingerprint density at radius 1 is 1.07 bits per heavy atom. The fourth-order valence-electron chi connectivity index (χ4n) is 4.62. The normalized spacial score (nSPS) is 12.1. The van der Waals surface area contributed by atoms with Crippen LogP contribution in [0.15, 0.2) is 58.4 Å². The van der Waals surface area contributed by atoms with Gasteiger partial charge in [-0.1, -0.05) is 26.0 Å². The molecule has 10 heteroatoms.